The van der Waals surface area contributed by atoms with Crippen LogP contribution in [-0.4, -0.2) is 5.91 Å². The molecule has 0 unspecified atom stereocenters. The number of nitrogens with one attached hydrogen (secondary N) is 1. The molecule has 0 saturated carbocycles. The predicted octanol–water partition coefficient (Wildman–Crippen LogP) is 3.11. The molecular weight excluding hydrogens is 250 g/mol. The highest BCUT2D eigenvalue weighted by Gasteiger charge is 2.16. The predicted molar refractivity (Wildman–Crippen MR) is 69.9 cm³/mol. The second-order valence-electron chi connectivity index (χ2n) is 4.13. The van der Waals surface area contributed by atoms with Crippen molar-refractivity contribution in [1.82, 2.24) is 0 Å². The minimum atomic E-state index is -0.738. The van der Waals surface area contributed by atoms with Gasteiger partial charge in [-0.3, -0.25) is 4.79 Å². The van der Waals surface area contributed by atoms with Crippen LogP contribution in [0.1, 0.15) is 15.9 Å². The van der Waals surface area contributed by atoms with Crippen LogP contribution in [0.5, 0.6) is 0 Å². The summed E-state index contributed by atoms with van der Waals surface area (Å²) < 4.78 is 27.2. The molecule has 0 bridgehead atoms. The Labute approximate surface area is 109 Å². The van der Waals surface area contributed by atoms with Crippen molar-refractivity contribution in [2.24, 2.45) is 0 Å². The maximum absolute atomic E-state index is 13.8. The fraction of sp³-hybridized carbons (Fsp3) is 0.0714. The number of benzene rings is 2. The van der Waals surface area contributed by atoms with E-state index in [2.05, 4.69) is 5.32 Å². The quantitative estimate of drug-likeness (QED) is 0.817. The molecule has 0 fully saturated rings. The molecule has 0 saturated heterocycles. The maximum Gasteiger partial charge on any atom is 0.258 e. The second kappa shape index (κ2) is 5.06. The summed E-state index contributed by atoms with van der Waals surface area (Å²) in [6, 6.07) is 8.31. The Morgan fingerprint density at radius 3 is 2.58 bits per heavy atom. The molecule has 0 atom stereocenters. The van der Waals surface area contributed by atoms with E-state index >= 15 is 0 Å². The van der Waals surface area contributed by atoms with Crippen LogP contribution in [0.2, 0.25) is 0 Å². The number of hydrogen-bond donors (Lipinski definition) is 2. The van der Waals surface area contributed by atoms with Crippen molar-refractivity contribution in [3.63, 3.8) is 0 Å². The van der Waals surface area contributed by atoms with Crippen LogP contribution in [0.3, 0.4) is 0 Å². The number of halogens is 2. The van der Waals surface area contributed by atoms with E-state index in [1.165, 1.54) is 37.3 Å². The van der Waals surface area contributed by atoms with Gasteiger partial charge in [0.15, 0.2) is 0 Å². The molecule has 98 valence electrons. The number of amides is 1. The molecule has 3 N–H and O–H groups in total. The molecule has 2 aromatic rings. The summed E-state index contributed by atoms with van der Waals surface area (Å²) in [5.41, 5.74) is 5.89. The van der Waals surface area contributed by atoms with Gasteiger partial charge in [-0.15, -0.1) is 0 Å². The maximum atomic E-state index is 13.8. The van der Waals surface area contributed by atoms with Gasteiger partial charge in [0, 0.05) is 5.69 Å². The number of rotatable bonds is 2. The molecule has 0 spiro atoms. The van der Waals surface area contributed by atoms with E-state index in [1.54, 1.807) is 6.07 Å². The van der Waals surface area contributed by atoms with Crippen molar-refractivity contribution in [3.05, 3.63) is 59.2 Å². The van der Waals surface area contributed by atoms with Gasteiger partial charge in [-0.25, -0.2) is 8.78 Å². The molecule has 0 aromatic heterocycles. The van der Waals surface area contributed by atoms with E-state index in [0.29, 0.717) is 0 Å². The summed E-state index contributed by atoms with van der Waals surface area (Å²) in [4.78, 5) is 11.9. The third-order valence-electron chi connectivity index (χ3n) is 2.64. The summed E-state index contributed by atoms with van der Waals surface area (Å²) >= 11 is 0. The average Bonchev–Trinajstić information content (AvgIpc) is 2.36. The molecule has 2 aromatic carbocycles. The molecule has 0 aliphatic heterocycles. The second-order valence-corrected chi connectivity index (χ2v) is 4.13. The SMILES string of the molecule is Cc1cc(N)cc(C(=O)Nc2ccccc2F)c1F. The summed E-state index contributed by atoms with van der Waals surface area (Å²) in [5.74, 6) is -1.99. The van der Waals surface area contributed by atoms with Crippen LogP contribution in [-0.2, 0) is 0 Å². The Kier molecular flexibility index (Phi) is 3.46. The number of carbonyl (C=O) groups excluding carboxylic acids is 1. The van der Waals surface area contributed by atoms with E-state index in [9.17, 15) is 13.6 Å². The molecule has 19 heavy (non-hydrogen) atoms. The van der Waals surface area contributed by atoms with Gasteiger partial charge in [-0.2, -0.15) is 0 Å². The molecular formula is C14H12F2N2O. The fourth-order valence-electron chi connectivity index (χ4n) is 1.71. The molecule has 2 rings (SSSR count). The standard InChI is InChI=1S/C14H12F2N2O/c1-8-6-9(17)7-10(13(8)16)14(19)18-12-5-3-2-4-11(12)15/h2-7H,17H2,1H3,(H,18,19). The minimum Gasteiger partial charge on any atom is -0.399 e. The van der Waals surface area contributed by atoms with Crippen LogP contribution in [0.25, 0.3) is 0 Å². The molecule has 1 amide bonds. The van der Waals surface area contributed by atoms with Gasteiger partial charge in [-0.05, 0) is 36.8 Å². The lowest BCUT2D eigenvalue weighted by Crippen LogP contribution is -2.15. The zero-order valence-electron chi connectivity index (χ0n) is 10.2. The number of hydrogen-bond acceptors (Lipinski definition) is 2. The smallest absolute Gasteiger partial charge is 0.258 e. The zero-order chi connectivity index (χ0) is 14.0. The lowest BCUT2D eigenvalue weighted by atomic mass is 10.1. The minimum absolute atomic E-state index is 0.00743. The van der Waals surface area contributed by atoms with Crippen LogP contribution >= 0.6 is 0 Å². The monoisotopic (exact) mass is 262 g/mol. The Morgan fingerprint density at radius 1 is 1.21 bits per heavy atom. The highest BCUT2D eigenvalue weighted by molar-refractivity contribution is 6.05. The first-order valence-electron chi connectivity index (χ1n) is 5.60. The first kappa shape index (κ1) is 13.0. The molecule has 0 radical (unpaired) electrons. The van der Waals surface area contributed by atoms with E-state index in [0.717, 1.165) is 0 Å². The number of anilines is 2. The first-order valence-corrected chi connectivity index (χ1v) is 5.60. The van der Waals surface area contributed by atoms with Crippen molar-refractivity contribution < 1.29 is 13.6 Å². The highest BCUT2D eigenvalue weighted by Crippen LogP contribution is 2.19. The van der Waals surface area contributed by atoms with Gasteiger partial charge in [-0.1, -0.05) is 12.1 Å². The van der Waals surface area contributed by atoms with Crippen molar-refractivity contribution in [3.8, 4) is 0 Å². The lowest BCUT2D eigenvalue weighted by Gasteiger charge is -2.09. The summed E-state index contributed by atoms with van der Waals surface area (Å²) in [6.07, 6.45) is 0. The molecule has 0 aliphatic rings. The normalized spacial score (nSPS) is 10.3. The van der Waals surface area contributed by atoms with Crippen molar-refractivity contribution in [2.45, 2.75) is 6.92 Å². The molecule has 3 nitrogen and oxygen atoms in total. The number of para-hydroxylation sites is 1. The van der Waals surface area contributed by atoms with Gasteiger partial charge in [0.2, 0.25) is 0 Å². The third-order valence-corrected chi connectivity index (χ3v) is 2.64. The van der Waals surface area contributed by atoms with E-state index in [4.69, 9.17) is 5.73 Å². The average molecular weight is 262 g/mol. The third kappa shape index (κ3) is 2.70. The van der Waals surface area contributed by atoms with Gasteiger partial charge in [0.25, 0.3) is 5.91 Å². The number of carbonyl (C=O) groups is 1. The Morgan fingerprint density at radius 2 is 1.89 bits per heavy atom. The Balaban J connectivity index is 2.33. The van der Waals surface area contributed by atoms with E-state index < -0.39 is 17.5 Å². The zero-order valence-corrected chi connectivity index (χ0v) is 10.2. The van der Waals surface area contributed by atoms with Crippen LogP contribution in [0.4, 0.5) is 20.2 Å². The van der Waals surface area contributed by atoms with Crippen LogP contribution in [0.15, 0.2) is 36.4 Å². The summed E-state index contributed by atoms with van der Waals surface area (Å²) in [6.45, 7) is 1.51. The van der Waals surface area contributed by atoms with Gasteiger partial charge in [0.05, 0.1) is 11.3 Å². The van der Waals surface area contributed by atoms with Gasteiger partial charge >= 0.3 is 0 Å². The molecule has 0 heterocycles. The molecule has 5 heteroatoms. The Bertz CT molecular complexity index is 641. The Hall–Kier alpha value is -2.43. The number of nitrogen functional groups attached to an aromatic ring is 1. The van der Waals surface area contributed by atoms with Crippen molar-refractivity contribution in [2.75, 3.05) is 11.1 Å². The fourth-order valence-corrected chi connectivity index (χ4v) is 1.71. The number of aryl methyl sites for hydroxylation is 1. The highest BCUT2D eigenvalue weighted by atomic mass is 19.1. The van der Waals surface area contributed by atoms with Gasteiger partial charge < -0.3 is 11.1 Å². The first-order chi connectivity index (χ1) is 8.99. The number of nitrogens with two attached hydrogens (primary N) is 1. The van der Waals surface area contributed by atoms with E-state index in [1.807, 2.05) is 0 Å². The van der Waals surface area contributed by atoms with Crippen LogP contribution in [0, 0.1) is 18.6 Å². The van der Waals surface area contributed by atoms with Crippen molar-refractivity contribution in [1.29, 1.82) is 0 Å². The largest absolute Gasteiger partial charge is 0.399 e. The van der Waals surface area contributed by atoms with Crippen molar-refractivity contribution >= 4 is 17.3 Å². The lowest BCUT2D eigenvalue weighted by molar-refractivity contribution is 0.102. The van der Waals surface area contributed by atoms with Crippen LogP contribution < -0.4 is 11.1 Å². The van der Waals surface area contributed by atoms with Gasteiger partial charge in [0.1, 0.15) is 11.6 Å². The summed E-state index contributed by atoms with van der Waals surface area (Å²) in [5, 5.41) is 2.31. The topological polar surface area (TPSA) is 55.1 Å². The molecule has 0 aliphatic carbocycles. The summed E-state index contributed by atoms with van der Waals surface area (Å²) in [7, 11) is 0. The van der Waals surface area contributed by atoms with E-state index in [-0.39, 0.29) is 22.5 Å².